The van der Waals surface area contributed by atoms with Crippen LogP contribution < -0.4 is 0 Å². The van der Waals surface area contributed by atoms with Gasteiger partial charge in [0.25, 0.3) is 0 Å². The van der Waals surface area contributed by atoms with E-state index in [0.29, 0.717) is 0 Å². The van der Waals surface area contributed by atoms with E-state index in [-0.39, 0.29) is 5.41 Å². The third-order valence-corrected chi connectivity index (χ3v) is 11.4. The molecule has 10 aromatic rings. The summed E-state index contributed by atoms with van der Waals surface area (Å²) >= 11 is 0. The second-order valence-electron chi connectivity index (χ2n) is 15.7. The average molecular weight is 704 g/mol. The molecule has 0 amide bonds. The van der Waals surface area contributed by atoms with Crippen LogP contribution >= 0.6 is 0 Å². The summed E-state index contributed by atoms with van der Waals surface area (Å²) in [7, 11) is 0. The van der Waals surface area contributed by atoms with Crippen LogP contribution in [0.25, 0.3) is 93.5 Å². The Hall–Kier alpha value is -6.70. The van der Waals surface area contributed by atoms with E-state index in [0.717, 1.165) is 0 Å². The van der Waals surface area contributed by atoms with Crippen LogP contribution in [-0.4, -0.2) is 4.57 Å². The van der Waals surface area contributed by atoms with Crippen molar-refractivity contribution >= 4 is 43.4 Å². The van der Waals surface area contributed by atoms with Gasteiger partial charge in [0, 0.05) is 16.5 Å². The van der Waals surface area contributed by atoms with Gasteiger partial charge in [-0.2, -0.15) is 0 Å². The Bertz CT molecular complexity index is 2960. The molecule has 1 heteroatoms. The zero-order valence-corrected chi connectivity index (χ0v) is 31.4. The summed E-state index contributed by atoms with van der Waals surface area (Å²) in [5.41, 5.74) is 15.0. The first-order valence-corrected chi connectivity index (χ1v) is 19.3. The molecule has 262 valence electrons. The summed E-state index contributed by atoms with van der Waals surface area (Å²) in [6.45, 7) is 6.80. The summed E-state index contributed by atoms with van der Waals surface area (Å²) in [6, 6.07) is 71.4. The van der Waals surface area contributed by atoms with E-state index in [1.807, 2.05) is 0 Å². The molecule has 1 nitrogen and oxygen atoms in total. The van der Waals surface area contributed by atoms with Gasteiger partial charge in [-0.05, 0) is 107 Å². The molecule has 0 N–H and O–H groups in total. The van der Waals surface area contributed by atoms with Crippen molar-refractivity contribution in [3.8, 4) is 50.2 Å². The van der Waals surface area contributed by atoms with Crippen molar-refractivity contribution in [2.75, 3.05) is 0 Å². The molecule has 0 aliphatic carbocycles. The van der Waals surface area contributed by atoms with Gasteiger partial charge in [0.05, 0.1) is 11.0 Å². The minimum absolute atomic E-state index is 0.119. The van der Waals surface area contributed by atoms with E-state index in [1.165, 1.54) is 99.1 Å². The number of nitrogens with zero attached hydrogens (tertiary/aromatic N) is 1. The molecule has 0 fully saturated rings. The quantitative estimate of drug-likeness (QED) is 0.157. The molecule has 1 heterocycles. The highest BCUT2D eigenvalue weighted by molar-refractivity contribution is 6.21. The number of para-hydroxylation sites is 1. The first-order valence-electron chi connectivity index (χ1n) is 19.3. The fraction of sp³-hybridized carbons (Fsp3) is 0.0741. The number of hydrogen-bond acceptors (Lipinski definition) is 0. The lowest BCUT2D eigenvalue weighted by Crippen LogP contribution is -2.10. The summed E-state index contributed by atoms with van der Waals surface area (Å²) in [6.07, 6.45) is 0. The Morgan fingerprint density at radius 1 is 0.309 bits per heavy atom. The van der Waals surface area contributed by atoms with Gasteiger partial charge in [-0.15, -0.1) is 0 Å². The minimum atomic E-state index is 0.119. The molecular formula is C54H41N. The summed E-state index contributed by atoms with van der Waals surface area (Å²) in [5, 5.41) is 7.64. The largest absolute Gasteiger partial charge is 0.309 e. The molecule has 0 aliphatic rings. The van der Waals surface area contributed by atoms with Gasteiger partial charge in [0.1, 0.15) is 0 Å². The SMILES string of the molecule is CC(C)(C)c1ccc(-n2c3ccccc3c3cc(-c4ccc(-c5ccc(-c6c7ccccc7c(-c7ccccc7)c7ccccc67)cc5)cc4)ccc32)cc1. The van der Waals surface area contributed by atoms with Gasteiger partial charge in [0.15, 0.2) is 0 Å². The van der Waals surface area contributed by atoms with Crippen LogP contribution in [0.3, 0.4) is 0 Å². The van der Waals surface area contributed by atoms with E-state index in [2.05, 4.69) is 219 Å². The van der Waals surface area contributed by atoms with Crippen molar-refractivity contribution in [3.05, 3.63) is 200 Å². The predicted molar refractivity (Wildman–Crippen MR) is 236 cm³/mol. The lowest BCUT2D eigenvalue weighted by atomic mass is 9.86. The molecule has 0 radical (unpaired) electrons. The van der Waals surface area contributed by atoms with Crippen molar-refractivity contribution in [1.29, 1.82) is 0 Å². The van der Waals surface area contributed by atoms with Crippen molar-refractivity contribution < 1.29 is 0 Å². The molecule has 0 unspecified atom stereocenters. The van der Waals surface area contributed by atoms with E-state index < -0.39 is 0 Å². The molecule has 9 aromatic carbocycles. The molecular weight excluding hydrogens is 663 g/mol. The standard InChI is InChI=1S/C54H41N/c1-54(2,3)42-30-32-43(33-31-42)55-50-20-12-11-15-44(50)49-35-41(29-34-51(49)55)38-23-21-36(22-24-38)37-25-27-40(28-26-37)53-47-18-9-7-16-45(47)52(39-13-5-4-6-14-39)46-17-8-10-19-48(46)53/h4-35H,1-3H3. The normalized spacial score (nSPS) is 11.9. The zero-order chi connectivity index (χ0) is 37.1. The summed E-state index contributed by atoms with van der Waals surface area (Å²) in [4.78, 5) is 0. The number of fused-ring (bicyclic) bond motifs is 5. The predicted octanol–water partition coefficient (Wildman–Crippen LogP) is 15.1. The Morgan fingerprint density at radius 3 is 1.24 bits per heavy atom. The second-order valence-corrected chi connectivity index (χ2v) is 15.7. The number of hydrogen-bond donors (Lipinski definition) is 0. The fourth-order valence-electron chi connectivity index (χ4n) is 8.58. The third kappa shape index (κ3) is 5.63. The molecule has 1 aromatic heterocycles. The molecule has 0 bridgehead atoms. The Labute approximate surface area is 322 Å². The Morgan fingerprint density at radius 2 is 0.709 bits per heavy atom. The van der Waals surface area contributed by atoms with Crippen LogP contribution in [0.5, 0.6) is 0 Å². The maximum atomic E-state index is 2.40. The lowest BCUT2D eigenvalue weighted by molar-refractivity contribution is 0.590. The maximum absolute atomic E-state index is 2.40. The Kier molecular flexibility index (Phi) is 7.78. The fourth-order valence-corrected chi connectivity index (χ4v) is 8.58. The highest BCUT2D eigenvalue weighted by Gasteiger charge is 2.18. The first-order chi connectivity index (χ1) is 26.9. The number of rotatable bonds is 5. The molecule has 0 atom stereocenters. The molecule has 55 heavy (non-hydrogen) atoms. The molecule has 0 aliphatic heterocycles. The van der Waals surface area contributed by atoms with Crippen LogP contribution in [0.15, 0.2) is 194 Å². The summed E-state index contributed by atoms with van der Waals surface area (Å²) in [5.74, 6) is 0. The topological polar surface area (TPSA) is 4.93 Å². The monoisotopic (exact) mass is 703 g/mol. The van der Waals surface area contributed by atoms with Gasteiger partial charge < -0.3 is 4.57 Å². The minimum Gasteiger partial charge on any atom is -0.309 e. The van der Waals surface area contributed by atoms with E-state index in [4.69, 9.17) is 0 Å². The maximum Gasteiger partial charge on any atom is 0.0541 e. The molecule has 10 rings (SSSR count). The highest BCUT2D eigenvalue weighted by atomic mass is 15.0. The van der Waals surface area contributed by atoms with Gasteiger partial charge in [-0.1, -0.05) is 185 Å². The zero-order valence-electron chi connectivity index (χ0n) is 31.4. The van der Waals surface area contributed by atoms with Gasteiger partial charge in [-0.25, -0.2) is 0 Å². The van der Waals surface area contributed by atoms with Crippen LogP contribution in [0, 0.1) is 0 Å². The van der Waals surface area contributed by atoms with Crippen LogP contribution in [0.1, 0.15) is 26.3 Å². The number of benzene rings is 9. The van der Waals surface area contributed by atoms with Crippen molar-refractivity contribution in [1.82, 2.24) is 4.57 Å². The third-order valence-electron chi connectivity index (χ3n) is 11.4. The van der Waals surface area contributed by atoms with E-state index >= 15 is 0 Å². The molecule has 0 spiro atoms. The van der Waals surface area contributed by atoms with E-state index in [9.17, 15) is 0 Å². The highest BCUT2D eigenvalue weighted by Crippen LogP contribution is 2.44. The molecule has 0 saturated heterocycles. The van der Waals surface area contributed by atoms with E-state index in [1.54, 1.807) is 0 Å². The number of aromatic nitrogens is 1. The lowest BCUT2D eigenvalue weighted by Gasteiger charge is -2.19. The van der Waals surface area contributed by atoms with Gasteiger partial charge in [-0.3, -0.25) is 0 Å². The second kappa shape index (κ2) is 13.0. The summed E-state index contributed by atoms with van der Waals surface area (Å²) < 4.78 is 2.40. The van der Waals surface area contributed by atoms with Crippen molar-refractivity contribution in [3.63, 3.8) is 0 Å². The van der Waals surface area contributed by atoms with Crippen LogP contribution in [0.2, 0.25) is 0 Å². The van der Waals surface area contributed by atoms with Crippen molar-refractivity contribution in [2.24, 2.45) is 0 Å². The van der Waals surface area contributed by atoms with Crippen LogP contribution in [0.4, 0.5) is 0 Å². The van der Waals surface area contributed by atoms with Gasteiger partial charge >= 0.3 is 0 Å². The Balaban J connectivity index is 0.996. The first kappa shape index (κ1) is 32.9. The smallest absolute Gasteiger partial charge is 0.0541 e. The van der Waals surface area contributed by atoms with Crippen molar-refractivity contribution in [2.45, 2.75) is 26.2 Å². The van der Waals surface area contributed by atoms with Crippen LogP contribution in [-0.2, 0) is 5.41 Å². The van der Waals surface area contributed by atoms with Gasteiger partial charge in [0.2, 0.25) is 0 Å². The average Bonchev–Trinajstić information content (AvgIpc) is 3.56. The molecule has 0 saturated carbocycles.